The lowest BCUT2D eigenvalue weighted by atomic mass is 9.98. The van der Waals surface area contributed by atoms with Gasteiger partial charge >= 0.3 is 5.97 Å². The first kappa shape index (κ1) is 14.1. The van der Waals surface area contributed by atoms with Crippen molar-refractivity contribution in [2.75, 3.05) is 7.11 Å². The maximum atomic E-state index is 12.4. The minimum atomic E-state index is -1.14. The number of ketones is 1. The maximum Gasteiger partial charge on any atom is 0.336 e. The lowest BCUT2D eigenvalue weighted by Crippen LogP contribution is -2.09. The first-order valence-corrected chi connectivity index (χ1v) is 6.13. The molecular weight excluding hydrogens is 280 g/mol. The van der Waals surface area contributed by atoms with Crippen LogP contribution >= 0.6 is 11.6 Å². The Morgan fingerprint density at radius 3 is 2.30 bits per heavy atom. The summed E-state index contributed by atoms with van der Waals surface area (Å²) in [6, 6.07) is 10.6. The van der Waals surface area contributed by atoms with Crippen LogP contribution in [0.2, 0.25) is 5.02 Å². The molecule has 5 heteroatoms. The molecule has 2 rings (SSSR count). The number of carboxylic acids is 1. The van der Waals surface area contributed by atoms with Gasteiger partial charge in [-0.05, 0) is 24.3 Å². The van der Waals surface area contributed by atoms with Crippen molar-refractivity contribution < 1.29 is 19.4 Å². The summed E-state index contributed by atoms with van der Waals surface area (Å²) < 4.78 is 5.01. The zero-order chi connectivity index (χ0) is 14.7. The van der Waals surface area contributed by atoms with Gasteiger partial charge in [-0.2, -0.15) is 0 Å². The van der Waals surface area contributed by atoms with Gasteiger partial charge in [-0.25, -0.2) is 4.79 Å². The molecule has 0 bridgehead atoms. The third kappa shape index (κ3) is 2.65. The normalized spacial score (nSPS) is 10.1. The highest BCUT2D eigenvalue weighted by Gasteiger charge is 2.18. The average molecular weight is 291 g/mol. The Kier molecular flexibility index (Phi) is 4.05. The largest absolute Gasteiger partial charge is 0.495 e. The average Bonchev–Trinajstić information content (AvgIpc) is 2.46. The van der Waals surface area contributed by atoms with Gasteiger partial charge in [0.15, 0.2) is 5.78 Å². The third-order valence-electron chi connectivity index (χ3n) is 2.82. The predicted octanol–water partition coefficient (Wildman–Crippen LogP) is 3.28. The Bertz CT molecular complexity index is 679. The molecule has 0 saturated carbocycles. The number of benzene rings is 2. The van der Waals surface area contributed by atoms with Crippen molar-refractivity contribution in [3.63, 3.8) is 0 Å². The summed E-state index contributed by atoms with van der Waals surface area (Å²) in [5, 5.41) is 9.40. The van der Waals surface area contributed by atoms with E-state index in [-0.39, 0.29) is 11.1 Å². The molecule has 4 nitrogen and oxygen atoms in total. The minimum absolute atomic E-state index is 0.0376. The van der Waals surface area contributed by atoms with Gasteiger partial charge in [0.25, 0.3) is 0 Å². The molecule has 0 aliphatic rings. The molecular formula is C15H11ClO4. The van der Waals surface area contributed by atoms with Gasteiger partial charge in [0.1, 0.15) is 5.75 Å². The molecule has 0 atom stereocenters. The molecule has 0 heterocycles. The van der Waals surface area contributed by atoms with Crippen molar-refractivity contribution in [2.24, 2.45) is 0 Å². The van der Waals surface area contributed by atoms with Crippen molar-refractivity contribution in [3.05, 3.63) is 64.2 Å². The molecule has 0 saturated heterocycles. The Hall–Kier alpha value is -2.33. The summed E-state index contributed by atoms with van der Waals surface area (Å²) in [6.07, 6.45) is 0. The lowest BCUT2D eigenvalue weighted by Gasteiger charge is -2.07. The molecule has 20 heavy (non-hydrogen) atoms. The number of carboxylic acid groups (broad SMARTS) is 1. The SMILES string of the molecule is COc1ccc(C(=O)c2ccccc2C(=O)O)cc1Cl. The fourth-order valence-electron chi connectivity index (χ4n) is 1.83. The number of methoxy groups -OCH3 is 1. The number of ether oxygens (including phenoxy) is 1. The Balaban J connectivity index is 2.47. The highest BCUT2D eigenvalue weighted by molar-refractivity contribution is 6.32. The van der Waals surface area contributed by atoms with Crippen LogP contribution in [0.25, 0.3) is 0 Å². The first-order valence-electron chi connectivity index (χ1n) is 5.75. The van der Waals surface area contributed by atoms with E-state index in [0.717, 1.165) is 0 Å². The van der Waals surface area contributed by atoms with E-state index in [4.69, 9.17) is 21.4 Å². The third-order valence-corrected chi connectivity index (χ3v) is 3.11. The number of hydrogen-bond donors (Lipinski definition) is 1. The molecule has 0 aromatic heterocycles. The summed E-state index contributed by atoms with van der Waals surface area (Å²) in [6.45, 7) is 0. The molecule has 0 fully saturated rings. The fourth-order valence-corrected chi connectivity index (χ4v) is 2.09. The van der Waals surface area contributed by atoms with Gasteiger partial charge in [0.2, 0.25) is 0 Å². The number of aromatic carboxylic acids is 1. The van der Waals surface area contributed by atoms with Crippen molar-refractivity contribution in [3.8, 4) is 5.75 Å². The van der Waals surface area contributed by atoms with Gasteiger partial charge in [-0.15, -0.1) is 0 Å². The second-order valence-electron chi connectivity index (χ2n) is 4.03. The van der Waals surface area contributed by atoms with Gasteiger partial charge < -0.3 is 9.84 Å². The van der Waals surface area contributed by atoms with E-state index in [1.807, 2.05) is 0 Å². The van der Waals surface area contributed by atoms with Crippen LogP contribution in [-0.4, -0.2) is 24.0 Å². The molecule has 0 aliphatic heterocycles. The first-order chi connectivity index (χ1) is 9.54. The summed E-state index contributed by atoms with van der Waals surface area (Å²) in [7, 11) is 1.47. The lowest BCUT2D eigenvalue weighted by molar-refractivity contribution is 0.0693. The Morgan fingerprint density at radius 2 is 1.75 bits per heavy atom. The van der Waals surface area contributed by atoms with Crippen molar-refractivity contribution in [1.82, 2.24) is 0 Å². The van der Waals surface area contributed by atoms with Crippen LogP contribution in [0, 0.1) is 0 Å². The zero-order valence-corrected chi connectivity index (χ0v) is 11.3. The standard InChI is InChI=1S/C15H11ClO4/c1-20-13-7-6-9(8-12(13)16)14(17)10-4-2-3-5-11(10)15(18)19/h2-8H,1H3,(H,18,19). The number of halogens is 1. The van der Waals surface area contributed by atoms with Crippen LogP contribution in [0.4, 0.5) is 0 Å². The predicted molar refractivity (Wildman–Crippen MR) is 74.8 cm³/mol. The number of carbonyl (C=O) groups excluding carboxylic acids is 1. The quantitative estimate of drug-likeness (QED) is 0.878. The van der Waals surface area contributed by atoms with Gasteiger partial charge in [-0.3, -0.25) is 4.79 Å². The van der Waals surface area contributed by atoms with Crippen LogP contribution in [0.3, 0.4) is 0 Å². The van der Waals surface area contributed by atoms with E-state index in [1.54, 1.807) is 24.3 Å². The Labute approximate surface area is 120 Å². The molecule has 2 aromatic carbocycles. The van der Waals surface area contributed by atoms with Gasteiger partial charge in [-0.1, -0.05) is 29.8 Å². The summed E-state index contributed by atoms with van der Waals surface area (Å²) in [5.41, 5.74) is 0.398. The maximum absolute atomic E-state index is 12.4. The van der Waals surface area contributed by atoms with Gasteiger partial charge in [0.05, 0.1) is 17.7 Å². The van der Waals surface area contributed by atoms with Crippen molar-refractivity contribution in [1.29, 1.82) is 0 Å². The Morgan fingerprint density at radius 1 is 1.10 bits per heavy atom. The highest BCUT2D eigenvalue weighted by atomic mass is 35.5. The van der Waals surface area contributed by atoms with Crippen LogP contribution in [-0.2, 0) is 0 Å². The number of hydrogen-bond acceptors (Lipinski definition) is 3. The van der Waals surface area contributed by atoms with E-state index in [9.17, 15) is 9.59 Å². The summed E-state index contributed by atoms with van der Waals surface area (Å²) >= 11 is 5.97. The van der Waals surface area contributed by atoms with Gasteiger partial charge in [0, 0.05) is 11.1 Å². The molecule has 0 spiro atoms. The second kappa shape index (κ2) is 5.75. The molecule has 0 amide bonds. The van der Waals surface area contributed by atoms with E-state index >= 15 is 0 Å². The molecule has 0 unspecified atom stereocenters. The van der Waals surface area contributed by atoms with E-state index in [1.165, 1.54) is 25.3 Å². The monoisotopic (exact) mass is 290 g/mol. The summed E-state index contributed by atoms with van der Waals surface area (Å²) in [5.74, 6) is -1.09. The number of rotatable bonds is 4. The zero-order valence-electron chi connectivity index (χ0n) is 10.6. The smallest absolute Gasteiger partial charge is 0.336 e. The molecule has 102 valence electrons. The van der Waals surface area contributed by atoms with Crippen LogP contribution < -0.4 is 4.74 Å². The van der Waals surface area contributed by atoms with Crippen molar-refractivity contribution in [2.45, 2.75) is 0 Å². The second-order valence-corrected chi connectivity index (χ2v) is 4.44. The topological polar surface area (TPSA) is 63.6 Å². The van der Waals surface area contributed by atoms with Crippen LogP contribution in [0.1, 0.15) is 26.3 Å². The van der Waals surface area contributed by atoms with Crippen LogP contribution in [0.15, 0.2) is 42.5 Å². The molecule has 1 N–H and O–H groups in total. The molecule has 0 aliphatic carbocycles. The fraction of sp³-hybridized carbons (Fsp3) is 0.0667. The van der Waals surface area contributed by atoms with E-state index < -0.39 is 11.8 Å². The van der Waals surface area contributed by atoms with E-state index in [0.29, 0.717) is 16.3 Å². The number of carbonyl (C=O) groups is 2. The van der Waals surface area contributed by atoms with Crippen LogP contribution in [0.5, 0.6) is 5.75 Å². The minimum Gasteiger partial charge on any atom is -0.495 e. The summed E-state index contributed by atoms with van der Waals surface area (Å²) in [4.78, 5) is 23.5. The highest BCUT2D eigenvalue weighted by Crippen LogP contribution is 2.26. The van der Waals surface area contributed by atoms with E-state index in [2.05, 4.69) is 0 Å². The molecule has 0 radical (unpaired) electrons. The molecule has 2 aromatic rings. The van der Waals surface area contributed by atoms with Crippen molar-refractivity contribution >= 4 is 23.4 Å².